The Balaban J connectivity index is 4.16. The van der Waals surface area contributed by atoms with Gasteiger partial charge in [-0.05, 0) is 5.70 Å². The van der Waals surface area contributed by atoms with Crippen molar-refractivity contribution in [2.45, 2.75) is 0 Å². The minimum Gasteiger partial charge on any atom is -0.374 e. The van der Waals surface area contributed by atoms with Crippen molar-refractivity contribution in [2.75, 3.05) is 27.9 Å². The van der Waals surface area contributed by atoms with Crippen molar-refractivity contribution in [1.82, 2.24) is 0 Å². The third-order valence-electron chi connectivity index (χ3n) is 1.31. The highest BCUT2D eigenvalue weighted by Gasteiger charge is 2.33. The molecule has 0 saturated heterocycles. The topological polar surface area (TPSA) is 53.7 Å². The van der Waals surface area contributed by atoms with Crippen LogP contribution >= 0.6 is 0 Å². The molecule has 0 rings (SSSR count). The second-order valence-electron chi connectivity index (χ2n) is 1.85. The van der Waals surface area contributed by atoms with Crippen molar-refractivity contribution in [2.24, 2.45) is 5.73 Å². The fourth-order valence-electron chi connectivity index (χ4n) is 0.667. The second-order valence-corrected chi connectivity index (χ2v) is 4.62. The highest BCUT2D eigenvalue weighted by Crippen LogP contribution is 2.06. The van der Waals surface area contributed by atoms with E-state index in [1.165, 1.54) is 0 Å². The maximum absolute atomic E-state index is 5.27. The lowest BCUT2D eigenvalue weighted by molar-refractivity contribution is 0.138. The molecule has 0 amide bonds. The summed E-state index contributed by atoms with van der Waals surface area (Å²) in [5.74, 6) is 0. The normalized spacial score (nSPS) is 12.7. The van der Waals surface area contributed by atoms with Gasteiger partial charge in [-0.3, -0.25) is 0 Å². The molecule has 0 unspecified atom stereocenters. The molecule has 5 heteroatoms. The van der Waals surface area contributed by atoms with Crippen LogP contribution in [0, 0.1) is 0 Å². The van der Waals surface area contributed by atoms with Gasteiger partial charge in [-0.2, -0.15) is 0 Å². The van der Waals surface area contributed by atoms with E-state index in [9.17, 15) is 0 Å². The Morgan fingerprint density at radius 1 is 1.18 bits per heavy atom. The Bertz CT molecular complexity index is 117. The van der Waals surface area contributed by atoms with Crippen LogP contribution in [0.25, 0.3) is 0 Å². The summed E-state index contributed by atoms with van der Waals surface area (Å²) in [7, 11) is 2.17. The fraction of sp³-hybridized carbons (Fsp3) is 0.667. The molecule has 0 aliphatic rings. The summed E-state index contributed by atoms with van der Waals surface area (Å²) < 4.78 is 15.3. The third kappa shape index (κ3) is 3.13. The molecule has 0 heterocycles. The van der Waals surface area contributed by atoms with E-state index in [0.29, 0.717) is 6.54 Å². The van der Waals surface area contributed by atoms with Crippen molar-refractivity contribution in [3.8, 4) is 0 Å². The lowest BCUT2D eigenvalue weighted by atomic mass is 10.7. The summed E-state index contributed by atoms with van der Waals surface area (Å²) in [5, 5.41) is 0. The molecule has 0 fully saturated rings. The van der Waals surface area contributed by atoms with Crippen LogP contribution in [0.1, 0.15) is 0 Å². The SMILES string of the molecule is CO[Si](/C=C/CN)(OC)OC. The molecule has 0 aromatic heterocycles. The smallest absolute Gasteiger partial charge is 0.374 e. The number of nitrogens with two attached hydrogens (primary N) is 1. The van der Waals surface area contributed by atoms with Crippen LogP contribution in [0.4, 0.5) is 0 Å². The number of hydrogen-bond donors (Lipinski definition) is 1. The summed E-state index contributed by atoms with van der Waals surface area (Å²) in [6, 6.07) is 0. The van der Waals surface area contributed by atoms with E-state index >= 15 is 0 Å². The van der Waals surface area contributed by atoms with E-state index in [2.05, 4.69) is 0 Å². The molecule has 0 aromatic carbocycles. The van der Waals surface area contributed by atoms with Crippen molar-refractivity contribution >= 4 is 8.80 Å². The minimum absolute atomic E-state index is 0.463. The van der Waals surface area contributed by atoms with Gasteiger partial charge in [0.15, 0.2) is 0 Å². The highest BCUT2D eigenvalue weighted by molar-refractivity contribution is 6.66. The lowest BCUT2D eigenvalue weighted by Crippen LogP contribution is -2.41. The molecule has 0 radical (unpaired) electrons. The standard InChI is InChI=1S/C6H15NO3Si/c1-8-11(9-2,10-3)6-4-5-7/h4,6H,5,7H2,1-3H3/b6-4+. The summed E-state index contributed by atoms with van der Waals surface area (Å²) in [6.45, 7) is 0.463. The van der Waals surface area contributed by atoms with Gasteiger partial charge in [-0.25, -0.2) is 0 Å². The molecule has 0 spiro atoms. The largest absolute Gasteiger partial charge is 0.528 e. The molecule has 0 aliphatic carbocycles. The summed E-state index contributed by atoms with van der Waals surface area (Å²) in [6.07, 6.45) is 1.77. The first kappa shape index (κ1) is 10.8. The molecule has 0 aromatic rings. The summed E-state index contributed by atoms with van der Waals surface area (Å²) in [5.41, 5.74) is 7.03. The maximum Gasteiger partial charge on any atom is 0.528 e. The average Bonchev–Trinajstić information content (AvgIpc) is 2.08. The second kappa shape index (κ2) is 5.45. The van der Waals surface area contributed by atoms with Gasteiger partial charge in [0.2, 0.25) is 0 Å². The van der Waals surface area contributed by atoms with Crippen LogP contribution in [0.5, 0.6) is 0 Å². The first-order chi connectivity index (χ1) is 5.24. The molecular weight excluding hydrogens is 162 g/mol. The predicted octanol–water partition coefficient (Wildman–Crippen LogP) is -0.0814. The van der Waals surface area contributed by atoms with Gasteiger partial charge < -0.3 is 19.0 Å². The van der Waals surface area contributed by atoms with Gasteiger partial charge in [-0.15, -0.1) is 0 Å². The molecule has 66 valence electrons. The van der Waals surface area contributed by atoms with Gasteiger partial charge in [0.1, 0.15) is 0 Å². The summed E-state index contributed by atoms with van der Waals surface area (Å²) >= 11 is 0. The molecule has 0 bridgehead atoms. The van der Waals surface area contributed by atoms with Crippen molar-refractivity contribution in [3.63, 3.8) is 0 Å². The van der Waals surface area contributed by atoms with Crippen LogP contribution in [0.2, 0.25) is 0 Å². The molecule has 0 atom stereocenters. The van der Waals surface area contributed by atoms with Gasteiger partial charge in [0.25, 0.3) is 0 Å². The van der Waals surface area contributed by atoms with Crippen molar-refractivity contribution in [3.05, 3.63) is 11.8 Å². The van der Waals surface area contributed by atoms with Crippen LogP contribution < -0.4 is 5.73 Å². The van der Waals surface area contributed by atoms with Crippen molar-refractivity contribution in [1.29, 1.82) is 0 Å². The molecule has 0 saturated carbocycles. The zero-order valence-electron chi connectivity index (χ0n) is 7.16. The van der Waals surface area contributed by atoms with E-state index in [1.807, 2.05) is 0 Å². The van der Waals surface area contributed by atoms with E-state index in [4.69, 9.17) is 19.0 Å². The van der Waals surface area contributed by atoms with Gasteiger partial charge in [-0.1, -0.05) is 6.08 Å². The van der Waals surface area contributed by atoms with Crippen LogP contribution in [-0.4, -0.2) is 36.7 Å². The Hall–Kier alpha value is -0.203. The van der Waals surface area contributed by atoms with Crippen molar-refractivity contribution < 1.29 is 13.3 Å². The minimum atomic E-state index is -2.50. The monoisotopic (exact) mass is 177 g/mol. The fourth-order valence-corrected chi connectivity index (χ4v) is 2.00. The Morgan fingerprint density at radius 3 is 1.91 bits per heavy atom. The van der Waals surface area contributed by atoms with Crippen LogP contribution in [0.15, 0.2) is 11.8 Å². The number of hydrogen-bond acceptors (Lipinski definition) is 4. The lowest BCUT2D eigenvalue weighted by Gasteiger charge is -2.20. The first-order valence-electron chi connectivity index (χ1n) is 3.28. The average molecular weight is 177 g/mol. The molecule has 2 N–H and O–H groups in total. The van der Waals surface area contributed by atoms with E-state index in [1.54, 1.807) is 33.1 Å². The van der Waals surface area contributed by atoms with E-state index < -0.39 is 8.80 Å². The quantitative estimate of drug-likeness (QED) is 0.597. The van der Waals surface area contributed by atoms with Gasteiger partial charge in [0, 0.05) is 27.9 Å². The van der Waals surface area contributed by atoms with E-state index in [0.717, 1.165) is 0 Å². The van der Waals surface area contributed by atoms with Crippen LogP contribution in [0.3, 0.4) is 0 Å². The molecule has 0 aliphatic heterocycles. The zero-order valence-corrected chi connectivity index (χ0v) is 8.16. The van der Waals surface area contributed by atoms with E-state index in [-0.39, 0.29) is 0 Å². The molecule has 11 heavy (non-hydrogen) atoms. The zero-order chi connectivity index (χ0) is 8.74. The Kier molecular flexibility index (Phi) is 5.35. The first-order valence-corrected chi connectivity index (χ1v) is 5.08. The van der Waals surface area contributed by atoms with Gasteiger partial charge >= 0.3 is 8.80 Å². The predicted molar refractivity (Wildman–Crippen MR) is 45.0 cm³/mol. The Morgan fingerprint density at radius 2 is 1.64 bits per heavy atom. The summed E-state index contributed by atoms with van der Waals surface area (Å²) in [4.78, 5) is 0. The Labute approximate surface area is 68.3 Å². The number of rotatable bonds is 5. The molecule has 4 nitrogen and oxygen atoms in total. The van der Waals surface area contributed by atoms with Gasteiger partial charge in [0.05, 0.1) is 0 Å². The molecular formula is C6H15NO3Si. The van der Waals surface area contributed by atoms with Crippen LogP contribution in [-0.2, 0) is 13.3 Å². The maximum atomic E-state index is 5.27. The highest BCUT2D eigenvalue weighted by atomic mass is 28.4. The third-order valence-corrected chi connectivity index (χ3v) is 3.66.